The summed E-state index contributed by atoms with van der Waals surface area (Å²) in [7, 11) is 0. The van der Waals surface area contributed by atoms with E-state index >= 15 is 0 Å². The predicted molar refractivity (Wildman–Crippen MR) is 32.8 cm³/mol. The lowest BCUT2D eigenvalue weighted by atomic mass is 10.2. The molecule has 0 aromatic carbocycles. The average molecular weight is 139 g/mol. The van der Waals surface area contributed by atoms with Crippen molar-refractivity contribution in [2.24, 2.45) is 0 Å². The highest BCUT2D eigenvalue weighted by atomic mass is 35.5. The topological polar surface area (TPSA) is 40.5 Å². The molecule has 0 amide bonds. The van der Waals surface area contributed by atoms with Crippen molar-refractivity contribution in [2.75, 3.05) is 5.88 Å². The zero-order valence-electron chi connectivity index (χ0n) is 4.89. The zero-order chi connectivity index (χ0) is 6.62. The maximum absolute atomic E-state index is 8.65. The van der Waals surface area contributed by atoms with Gasteiger partial charge in [-0.15, -0.1) is 11.6 Å². The van der Waals surface area contributed by atoms with Gasteiger partial charge in [0.1, 0.15) is 0 Å². The molecular formula is C5H11ClO2. The first-order valence-electron chi connectivity index (χ1n) is 2.57. The minimum atomic E-state index is -1.53. The van der Waals surface area contributed by atoms with Crippen LogP contribution in [0.4, 0.5) is 0 Å². The third-order valence-electron chi connectivity index (χ3n) is 0.784. The minimum absolute atomic E-state index is 0.344. The van der Waals surface area contributed by atoms with Crippen molar-refractivity contribution in [1.82, 2.24) is 0 Å². The van der Waals surface area contributed by atoms with E-state index in [1.807, 2.05) is 0 Å². The van der Waals surface area contributed by atoms with Gasteiger partial charge in [-0.1, -0.05) is 0 Å². The van der Waals surface area contributed by atoms with Crippen LogP contribution in [0.5, 0.6) is 0 Å². The maximum atomic E-state index is 8.65. The van der Waals surface area contributed by atoms with Gasteiger partial charge in [-0.3, -0.25) is 0 Å². The fraction of sp³-hybridized carbons (Fsp3) is 1.00. The molecule has 0 aliphatic carbocycles. The van der Waals surface area contributed by atoms with Crippen LogP contribution in [-0.4, -0.2) is 21.9 Å². The second-order valence-corrected chi connectivity index (χ2v) is 2.39. The Morgan fingerprint density at radius 3 is 2.12 bits per heavy atom. The van der Waals surface area contributed by atoms with Crippen LogP contribution in [0.25, 0.3) is 0 Å². The number of halogens is 1. The largest absolute Gasteiger partial charge is 0.366 e. The first kappa shape index (κ1) is 8.21. The molecule has 0 bridgehead atoms. The van der Waals surface area contributed by atoms with Crippen LogP contribution in [0.2, 0.25) is 0 Å². The van der Waals surface area contributed by atoms with E-state index in [0.717, 1.165) is 0 Å². The van der Waals surface area contributed by atoms with E-state index in [1.54, 1.807) is 0 Å². The van der Waals surface area contributed by atoms with Crippen molar-refractivity contribution < 1.29 is 10.2 Å². The number of hydrogen-bond acceptors (Lipinski definition) is 2. The van der Waals surface area contributed by atoms with E-state index in [-0.39, 0.29) is 0 Å². The summed E-state index contributed by atoms with van der Waals surface area (Å²) in [5.41, 5.74) is 0. The van der Waals surface area contributed by atoms with Crippen molar-refractivity contribution in [1.29, 1.82) is 0 Å². The van der Waals surface area contributed by atoms with Crippen LogP contribution in [0, 0.1) is 0 Å². The summed E-state index contributed by atoms with van der Waals surface area (Å²) in [6.07, 6.45) is 0.988. The van der Waals surface area contributed by atoms with Gasteiger partial charge in [0.25, 0.3) is 0 Å². The smallest absolute Gasteiger partial charge is 0.159 e. The molecule has 0 aromatic heterocycles. The SMILES string of the molecule is CC(O)(O)CCCCl. The van der Waals surface area contributed by atoms with E-state index < -0.39 is 5.79 Å². The maximum Gasteiger partial charge on any atom is 0.159 e. The van der Waals surface area contributed by atoms with Gasteiger partial charge in [-0.2, -0.15) is 0 Å². The normalized spacial score (nSPS) is 12.0. The monoisotopic (exact) mass is 138 g/mol. The quantitative estimate of drug-likeness (QED) is 0.446. The third kappa shape index (κ3) is 6.21. The molecule has 0 aromatic rings. The lowest BCUT2D eigenvalue weighted by molar-refractivity contribution is -0.149. The molecular weight excluding hydrogens is 128 g/mol. The predicted octanol–water partition coefficient (Wildman–Crippen LogP) is 0.706. The molecule has 0 atom stereocenters. The molecule has 2 nitrogen and oxygen atoms in total. The molecule has 0 rings (SSSR count). The van der Waals surface area contributed by atoms with Gasteiger partial charge in [-0.05, 0) is 13.3 Å². The van der Waals surface area contributed by atoms with Crippen LogP contribution in [0.3, 0.4) is 0 Å². The molecule has 0 saturated heterocycles. The van der Waals surface area contributed by atoms with E-state index in [0.29, 0.717) is 18.7 Å². The lowest BCUT2D eigenvalue weighted by Gasteiger charge is -2.13. The molecule has 8 heavy (non-hydrogen) atoms. The van der Waals surface area contributed by atoms with E-state index in [2.05, 4.69) is 0 Å². The Bertz CT molecular complexity index is 57.9. The Morgan fingerprint density at radius 2 is 2.00 bits per heavy atom. The lowest BCUT2D eigenvalue weighted by Crippen LogP contribution is -2.22. The summed E-state index contributed by atoms with van der Waals surface area (Å²) < 4.78 is 0. The highest BCUT2D eigenvalue weighted by Crippen LogP contribution is 2.06. The van der Waals surface area contributed by atoms with Crippen molar-refractivity contribution in [3.8, 4) is 0 Å². The Labute approximate surface area is 54.1 Å². The van der Waals surface area contributed by atoms with E-state index in [9.17, 15) is 0 Å². The molecule has 50 valence electrons. The fourth-order valence-corrected chi connectivity index (χ4v) is 0.535. The minimum Gasteiger partial charge on any atom is -0.366 e. The molecule has 0 saturated carbocycles. The van der Waals surface area contributed by atoms with Crippen LogP contribution < -0.4 is 0 Å². The molecule has 0 aliphatic rings. The van der Waals surface area contributed by atoms with Gasteiger partial charge in [0, 0.05) is 12.3 Å². The van der Waals surface area contributed by atoms with Crippen LogP contribution in [0.1, 0.15) is 19.8 Å². The van der Waals surface area contributed by atoms with E-state index in [4.69, 9.17) is 21.8 Å². The first-order valence-corrected chi connectivity index (χ1v) is 3.10. The molecule has 0 fully saturated rings. The van der Waals surface area contributed by atoms with E-state index in [1.165, 1.54) is 6.92 Å². The second-order valence-electron chi connectivity index (χ2n) is 2.01. The molecule has 0 heterocycles. The number of aliphatic hydroxyl groups is 2. The van der Waals surface area contributed by atoms with Gasteiger partial charge in [0.05, 0.1) is 0 Å². The van der Waals surface area contributed by atoms with Crippen molar-refractivity contribution in [3.05, 3.63) is 0 Å². The molecule has 0 unspecified atom stereocenters. The number of hydrogen-bond donors (Lipinski definition) is 2. The van der Waals surface area contributed by atoms with Gasteiger partial charge in [-0.25, -0.2) is 0 Å². The number of rotatable bonds is 3. The number of alkyl halides is 1. The Hall–Kier alpha value is 0.210. The highest BCUT2D eigenvalue weighted by molar-refractivity contribution is 6.17. The van der Waals surface area contributed by atoms with Crippen molar-refractivity contribution >= 4 is 11.6 Å². The fourth-order valence-electron chi connectivity index (χ4n) is 0.402. The van der Waals surface area contributed by atoms with Gasteiger partial charge < -0.3 is 10.2 Å². The zero-order valence-corrected chi connectivity index (χ0v) is 5.65. The van der Waals surface area contributed by atoms with Crippen molar-refractivity contribution in [2.45, 2.75) is 25.6 Å². The summed E-state index contributed by atoms with van der Waals surface area (Å²) in [6, 6.07) is 0. The summed E-state index contributed by atoms with van der Waals surface area (Å²) >= 11 is 5.29. The van der Waals surface area contributed by atoms with Gasteiger partial charge in [0.2, 0.25) is 0 Å². The first-order chi connectivity index (χ1) is 3.56. The summed E-state index contributed by atoms with van der Waals surface area (Å²) in [5, 5.41) is 17.3. The Balaban J connectivity index is 3.11. The molecule has 0 radical (unpaired) electrons. The third-order valence-corrected chi connectivity index (χ3v) is 1.05. The molecule has 2 N–H and O–H groups in total. The second kappa shape index (κ2) is 3.28. The summed E-state index contributed by atoms with van der Waals surface area (Å²) in [5.74, 6) is -1.05. The standard InChI is InChI=1S/C5H11ClO2/c1-5(7,8)3-2-4-6/h7-8H,2-4H2,1H3. The average Bonchev–Trinajstić information content (AvgIpc) is 1.59. The molecule has 0 spiro atoms. The highest BCUT2D eigenvalue weighted by Gasteiger charge is 2.12. The van der Waals surface area contributed by atoms with Crippen LogP contribution >= 0.6 is 11.6 Å². The molecule has 3 heteroatoms. The molecule has 0 aliphatic heterocycles. The van der Waals surface area contributed by atoms with Crippen molar-refractivity contribution in [3.63, 3.8) is 0 Å². The Morgan fingerprint density at radius 1 is 1.50 bits per heavy atom. The Kier molecular flexibility index (Phi) is 3.36. The van der Waals surface area contributed by atoms with Gasteiger partial charge >= 0.3 is 0 Å². The summed E-state index contributed by atoms with van der Waals surface area (Å²) in [6.45, 7) is 1.35. The van der Waals surface area contributed by atoms with Gasteiger partial charge in [0.15, 0.2) is 5.79 Å². The van der Waals surface area contributed by atoms with Crippen LogP contribution in [-0.2, 0) is 0 Å². The van der Waals surface area contributed by atoms with Crippen LogP contribution in [0.15, 0.2) is 0 Å². The summed E-state index contributed by atoms with van der Waals surface area (Å²) in [4.78, 5) is 0.